The molecule has 23 heavy (non-hydrogen) atoms. The van der Waals surface area contributed by atoms with E-state index in [1.54, 1.807) is 4.90 Å². The minimum absolute atomic E-state index is 0.00293. The summed E-state index contributed by atoms with van der Waals surface area (Å²) in [6.45, 7) is 13.9. The predicted molar refractivity (Wildman–Crippen MR) is 95.8 cm³/mol. The zero-order valence-electron chi connectivity index (χ0n) is 15.4. The van der Waals surface area contributed by atoms with Crippen LogP contribution in [0, 0.1) is 0 Å². The number of anilines is 1. The Hall–Kier alpha value is -1.84. The van der Waals surface area contributed by atoms with E-state index in [0.29, 0.717) is 11.8 Å². The fourth-order valence-electron chi connectivity index (χ4n) is 2.69. The van der Waals surface area contributed by atoms with E-state index < -0.39 is 0 Å². The molecule has 1 aromatic rings. The van der Waals surface area contributed by atoms with Gasteiger partial charge in [-0.25, -0.2) is 0 Å². The lowest BCUT2D eigenvalue weighted by Gasteiger charge is -2.26. The van der Waals surface area contributed by atoms with Crippen LogP contribution >= 0.6 is 0 Å². The lowest BCUT2D eigenvalue weighted by molar-refractivity contribution is -0.134. The molecule has 4 heteroatoms. The fourth-order valence-corrected chi connectivity index (χ4v) is 2.69. The molecule has 0 saturated heterocycles. The highest BCUT2D eigenvalue weighted by Gasteiger charge is 2.20. The van der Waals surface area contributed by atoms with Crippen molar-refractivity contribution < 1.29 is 9.59 Å². The third kappa shape index (κ3) is 5.08. The van der Waals surface area contributed by atoms with Gasteiger partial charge in [-0.15, -0.1) is 0 Å². The number of nitrogens with one attached hydrogen (secondary N) is 1. The highest BCUT2D eigenvalue weighted by Crippen LogP contribution is 2.32. The molecule has 0 aliphatic heterocycles. The average molecular weight is 318 g/mol. The normalized spacial score (nSPS) is 11.2. The van der Waals surface area contributed by atoms with Gasteiger partial charge in [-0.3, -0.25) is 9.59 Å². The molecule has 0 radical (unpaired) electrons. The van der Waals surface area contributed by atoms with Crippen LogP contribution < -0.4 is 5.32 Å². The molecule has 0 heterocycles. The van der Waals surface area contributed by atoms with Gasteiger partial charge in [0.2, 0.25) is 11.8 Å². The molecule has 0 aliphatic rings. The average Bonchev–Trinajstić information content (AvgIpc) is 2.43. The summed E-state index contributed by atoms with van der Waals surface area (Å²) in [6.07, 6.45) is 0. The number of carbonyl (C=O) groups is 2. The Morgan fingerprint density at radius 3 is 1.83 bits per heavy atom. The van der Waals surface area contributed by atoms with Gasteiger partial charge in [0.1, 0.15) is 6.54 Å². The smallest absolute Gasteiger partial charge is 0.244 e. The Morgan fingerprint density at radius 2 is 1.48 bits per heavy atom. The van der Waals surface area contributed by atoms with E-state index in [4.69, 9.17) is 0 Å². The van der Waals surface area contributed by atoms with Crippen LogP contribution in [0.4, 0.5) is 5.69 Å². The summed E-state index contributed by atoms with van der Waals surface area (Å²) in [5.41, 5.74) is 3.15. The molecule has 0 spiro atoms. The molecule has 0 saturated carbocycles. The maximum absolute atomic E-state index is 12.5. The topological polar surface area (TPSA) is 49.4 Å². The van der Waals surface area contributed by atoms with Crippen molar-refractivity contribution in [1.82, 2.24) is 4.90 Å². The zero-order valence-corrected chi connectivity index (χ0v) is 15.4. The number of nitrogens with zero attached hydrogens (tertiary/aromatic N) is 1. The molecule has 1 rings (SSSR count). The van der Waals surface area contributed by atoms with Crippen molar-refractivity contribution in [2.75, 3.05) is 11.9 Å². The first-order chi connectivity index (χ1) is 10.6. The summed E-state index contributed by atoms with van der Waals surface area (Å²) in [5, 5.41) is 3.05. The van der Waals surface area contributed by atoms with Crippen molar-refractivity contribution in [1.29, 1.82) is 0 Å². The van der Waals surface area contributed by atoms with Crippen molar-refractivity contribution in [3.05, 3.63) is 29.3 Å². The van der Waals surface area contributed by atoms with Crippen LogP contribution in [0.15, 0.2) is 18.2 Å². The number of carbonyl (C=O) groups excluding carboxylic acids is 2. The summed E-state index contributed by atoms with van der Waals surface area (Å²) >= 11 is 0. The Kier molecular flexibility index (Phi) is 6.79. The minimum Gasteiger partial charge on any atom is -0.331 e. The van der Waals surface area contributed by atoms with Gasteiger partial charge in [0.15, 0.2) is 0 Å². The monoisotopic (exact) mass is 318 g/mol. The third-order valence-electron chi connectivity index (χ3n) is 3.98. The second-order valence-electron chi connectivity index (χ2n) is 6.91. The number of hydrogen-bond acceptors (Lipinski definition) is 2. The lowest BCUT2D eigenvalue weighted by atomic mass is 9.92. The molecule has 0 fully saturated rings. The quantitative estimate of drug-likeness (QED) is 0.857. The van der Waals surface area contributed by atoms with Crippen LogP contribution in [-0.4, -0.2) is 29.3 Å². The van der Waals surface area contributed by atoms with Gasteiger partial charge in [-0.2, -0.15) is 0 Å². The van der Waals surface area contributed by atoms with E-state index in [1.807, 2.05) is 19.9 Å². The van der Waals surface area contributed by atoms with Gasteiger partial charge >= 0.3 is 0 Å². The fraction of sp³-hybridized carbons (Fsp3) is 0.579. The molecule has 128 valence electrons. The second kappa shape index (κ2) is 8.14. The maximum Gasteiger partial charge on any atom is 0.244 e. The van der Waals surface area contributed by atoms with Crippen LogP contribution in [0.25, 0.3) is 0 Å². The van der Waals surface area contributed by atoms with Crippen LogP contribution in [0.2, 0.25) is 0 Å². The molecular weight excluding hydrogens is 288 g/mol. The van der Waals surface area contributed by atoms with Crippen LogP contribution in [-0.2, 0) is 9.59 Å². The summed E-state index contributed by atoms with van der Waals surface area (Å²) in [7, 11) is 0. The number of para-hydroxylation sites is 1. The second-order valence-corrected chi connectivity index (χ2v) is 6.91. The van der Waals surface area contributed by atoms with E-state index >= 15 is 0 Å². The van der Waals surface area contributed by atoms with Crippen molar-refractivity contribution >= 4 is 17.5 Å². The SMILES string of the molecule is CC(=O)N(CC(=O)Nc1c(C(C)C)cccc1C(C)C)C(C)C. The molecule has 0 atom stereocenters. The summed E-state index contributed by atoms with van der Waals surface area (Å²) in [6, 6.07) is 6.15. The molecule has 1 N–H and O–H groups in total. The van der Waals surface area contributed by atoms with Crippen LogP contribution in [0.1, 0.15) is 71.4 Å². The van der Waals surface area contributed by atoms with Gasteiger partial charge in [0.25, 0.3) is 0 Å². The molecule has 0 aliphatic carbocycles. The molecule has 0 aromatic heterocycles. The summed E-state index contributed by atoms with van der Waals surface area (Å²) < 4.78 is 0. The summed E-state index contributed by atoms with van der Waals surface area (Å²) in [5.74, 6) is 0.399. The van der Waals surface area contributed by atoms with E-state index in [1.165, 1.54) is 6.92 Å². The maximum atomic E-state index is 12.5. The molecule has 4 nitrogen and oxygen atoms in total. The summed E-state index contributed by atoms with van der Waals surface area (Å²) in [4.78, 5) is 25.7. The van der Waals surface area contributed by atoms with E-state index in [-0.39, 0.29) is 24.4 Å². The van der Waals surface area contributed by atoms with E-state index in [2.05, 4.69) is 45.1 Å². The number of hydrogen-bond donors (Lipinski definition) is 1. The largest absolute Gasteiger partial charge is 0.331 e. The first-order valence-electron chi connectivity index (χ1n) is 8.35. The van der Waals surface area contributed by atoms with Gasteiger partial charge in [-0.05, 0) is 36.8 Å². The van der Waals surface area contributed by atoms with Crippen LogP contribution in [0.5, 0.6) is 0 Å². The van der Waals surface area contributed by atoms with Crippen molar-refractivity contribution in [3.63, 3.8) is 0 Å². The van der Waals surface area contributed by atoms with Gasteiger partial charge in [0, 0.05) is 18.7 Å². The highest BCUT2D eigenvalue weighted by molar-refractivity contribution is 5.95. The molecule has 2 amide bonds. The first kappa shape index (κ1) is 19.2. The van der Waals surface area contributed by atoms with Crippen molar-refractivity contribution in [2.45, 2.75) is 66.3 Å². The van der Waals surface area contributed by atoms with Crippen molar-refractivity contribution in [2.24, 2.45) is 0 Å². The Balaban J connectivity index is 3.07. The van der Waals surface area contributed by atoms with Crippen molar-refractivity contribution in [3.8, 4) is 0 Å². The first-order valence-corrected chi connectivity index (χ1v) is 8.35. The Labute approximate surface area is 140 Å². The van der Waals surface area contributed by atoms with Gasteiger partial charge in [0.05, 0.1) is 0 Å². The lowest BCUT2D eigenvalue weighted by Crippen LogP contribution is -2.41. The molecule has 0 unspecified atom stereocenters. The number of rotatable bonds is 6. The zero-order chi connectivity index (χ0) is 17.7. The molecule has 1 aromatic carbocycles. The third-order valence-corrected chi connectivity index (χ3v) is 3.98. The van der Waals surface area contributed by atoms with E-state index in [9.17, 15) is 9.59 Å². The van der Waals surface area contributed by atoms with E-state index in [0.717, 1.165) is 16.8 Å². The van der Waals surface area contributed by atoms with Crippen LogP contribution in [0.3, 0.4) is 0 Å². The number of benzene rings is 1. The minimum atomic E-state index is -0.149. The molecular formula is C19H30N2O2. The number of amides is 2. The standard InChI is InChI=1S/C19H30N2O2/c1-12(2)16-9-8-10-17(13(3)4)19(16)20-18(23)11-21(14(5)6)15(7)22/h8-10,12-14H,11H2,1-7H3,(H,20,23). The highest BCUT2D eigenvalue weighted by atomic mass is 16.2. The Morgan fingerprint density at radius 1 is 1.00 bits per heavy atom. The Bertz CT molecular complexity index is 536. The van der Waals surface area contributed by atoms with Gasteiger partial charge < -0.3 is 10.2 Å². The molecule has 0 bridgehead atoms. The predicted octanol–water partition coefficient (Wildman–Crippen LogP) is 4.13. The van der Waals surface area contributed by atoms with Gasteiger partial charge in [-0.1, -0.05) is 45.9 Å².